The second kappa shape index (κ2) is 6.52. The molecule has 1 atom stereocenters. The fourth-order valence-corrected chi connectivity index (χ4v) is 2.06. The number of benzene rings is 1. The van der Waals surface area contributed by atoms with Crippen LogP contribution in [0.25, 0.3) is 0 Å². The summed E-state index contributed by atoms with van der Waals surface area (Å²) in [5.74, 6) is -2.52. The van der Waals surface area contributed by atoms with Crippen LogP contribution in [0.2, 0.25) is 5.02 Å². The summed E-state index contributed by atoms with van der Waals surface area (Å²) in [6, 6.07) is 2.75. The summed E-state index contributed by atoms with van der Waals surface area (Å²) in [7, 11) is 0. The van der Waals surface area contributed by atoms with Crippen LogP contribution in [-0.2, 0) is 9.59 Å². The Kier molecular flexibility index (Phi) is 5.30. The van der Waals surface area contributed by atoms with E-state index in [4.69, 9.17) is 11.6 Å². The minimum absolute atomic E-state index is 0.108. The molecule has 0 aliphatic heterocycles. The molecule has 0 aliphatic rings. The topological polar surface area (TPSA) is 57.6 Å². The molecule has 0 aliphatic carbocycles. The molecule has 0 spiro atoms. The number of halogens is 2. The maximum absolute atomic E-state index is 13.9. The first-order valence-electron chi connectivity index (χ1n) is 5.84. The Morgan fingerprint density at radius 2 is 2.11 bits per heavy atom. The van der Waals surface area contributed by atoms with Gasteiger partial charge in [0.25, 0.3) is 0 Å². The Balaban J connectivity index is 3.30. The van der Waals surface area contributed by atoms with Crippen molar-refractivity contribution in [3.05, 3.63) is 34.6 Å². The van der Waals surface area contributed by atoms with Crippen LogP contribution in [0, 0.1) is 5.82 Å². The lowest BCUT2D eigenvalue weighted by Crippen LogP contribution is -2.38. The van der Waals surface area contributed by atoms with Gasteiger partial charge in [-0.15, -0.1) is 0 Å². The molecular weight excluding hydrogens is 273 g/mol. The first-order chi connectivity index (χ1) is 8.90. The summed E-state index contributed by atoms with van der Waals surface area (Å²) in [5, 5.41) is 9.12. The van der Waals surface area contributed by atoms with Gasteiger partial charge in [0.15, 0.2) is 6.04 Å². The number of aliphatic carboxylic acids is 1. The van der Waals surface area contributed by atoms with Crippen molar-refractivity contribution in [3.8, 4) is 0 Å². The Morgan fingerprint density at radius 3 is 2.58 bits per heavy atom. The molecule has 0 saturated carbocycles. The normalized spacial score (nSPS) is 12.0. The van der Waals surface area contributed by atoms with Gasteiger partial charge in [-0.2, -0.15) is 0 Å². The SMILES string of the molecule is CCCN(C(C)=O)C(C(=O)O)c1cccc(Cl)c1F. The van der Waals surface area contributed by atoms with Gasteiger partial charge in [0, 0.05) is 19.0 Å². The van der Waals surface area contributed by atoms with Gasteiger partial charge in [-0.05, 0) is 12.5 Å². The van der Waals surface area contributed by atoms with Crippen molar-refractivity contribution in [3.63, 3.8) is 0 Å². The van der Waals surface area contributed by atoms with Crippen molar-refractivity contribution in [2.45, 2.75) is 26.3 Å². The minimum Gasteiger partial charge on any atom is -0.479 e. The number of carboxylic acid groups (broad SMARTS) is 1. The number of amides is 1. The van der Waals surface area contributed by atoms with Crippen LogP contribution in [0.15, 0.2) is 18.2 Å². The van der Waals surface area contributed by atoms with E-state index in [9.17, 15) is 19.1 Å². The fraction of sp³-hybridized carbons (Fsp3) is 0.385. The van der Waals surface area contributed by atoms with Crippen LogP contribution in [0.1, 0.15) is 31.9 Å². The second-order valence-electron chi connectivity index (χ2n) is 4.10. The first kappa shape index (κ1) is 15.4. The molecule has 0 aromatic heterocycles. The molecule has 0 bridgehead atoms. The van der Waals surface area contributed by atoms with Crippen LogP contribution < -0.4 is 0 Å². The lowest BCUT2D eigenvalue weighted by Gasteiger charge is -2.28. The average Bonchev–Trinajstić information content (AvgIpc) is 2.33. The number of rotatable bonds is 5. The molecule has 0 saturated heterocycles. The van der Waals surface area contributed by atoms with E-state index in [2.05, 4.69) is 0 Å². The molecule has 4 nitrogen and oxygen atoms in total. The molecule has 1 rings (SSSR count). The molecule has 1 aromatic rings. The summed E-state index contributed by atoms with van der Waals surface area (Å²) in [6.07, 6.45) is 0.575. The van der Waals surface area contributed by atoms with Crippen LogP contribution in [0.5, 0.6) is 0 Å². The first-order valence-corrected chi connectivity index (χ1v) is 6.21. The molecule has 104 valence electrons. The van der Waals surface area contributed by atoms with Crippen LogP contribution in [0.4, 0.5) is 4.39 Å². The molecular formula is C13H15ClFNO3. The summed E-state index contributed by atoms with van der Waals surface area (Å²) < 4.78 is 13.9. The highest BCUT2D eigenvalue weighted by Crippen LogP contribution is 2.28. The van der Waals surface area contributed by atoms with E-state index in [1.807, 2.05) is 6.92 Å². The highest BCUT2D eigenvalue weighted by molar-refractivity contribution is 6.30. The number of hydrogen-bond donors (Lipinski definition) is 1. The van der Waals surface area contributed by atoms with Gasteiger partial charge in [-0.25, -0.2) is 9.18 Å². The van der Waals surface area contributed by atoms with Gasteiger partial charge in [0.2, 0.25) is 5.91 Å². The van der Waals surface area contributed by atoms with E-state index in [1.54, 1.807) is 0 Å². The molecule has 0 fully saturated rings. The summed E-state index contributed by atoms with van der Waals surface area (Å²) >= 11 is 5.65. The van der Waals surface area contributed by atoms with Gasteiger partial charge in [-0.3, -0.25) is 4.79 Å². The number of carbonyl (C=O) groups is 2. The molecule has 1 amide bonds. The minimum atomic E-state index is -1.36. The third-order valence-corrected chi connectivity index (χ3v) is 2.98. The van der Waals surface area contributed by atoms with Gasteiger partial charge < -0.3 is 10.0 Å². The summed E-state index contributed by atoms with van der Waals surface area (Å²) in [4.78, 5) is 24.1. The molecule has 6 heteroatoms. The molecule has 0 heterocycles. The third kappa shape index (κ3) is 3.44. The van der Waals surface area contributed by atoms with Crippen molar-refractivity contribution in [2.24, 2.45) is 0 Å². The smallest absolute Gasteiger partial charge is 0.331 e. The fourth-order valence-electron chi connectivity index (χ4n) is 1.88. The predicted molar refractivity (Wildman–Crippen MR) is 69.5 cm³/mol. The van der Waals surface area contributed by atoms with E-state index >= 15 is 0 Å². The van der Waals surface area contributed by atoms with E-state index < -0.39 is 23.7 Å². The molecule has 19 heavy (non-hydrogen) atoms. The predicted octanol–water partition coefficient (Wildman–Crippen LogP) is 2.86. The van der Waals surface area contributed by atoms with E-state index in [0.29, 0.717) is 6.42 Å². The average molecular weight is 288 g/mol. The Bertz CT molecular complexity index is 493. The zero-order chi connectivity index (χ0) is 14.6. The maximum atomic E-state index is 13.9. The van der Waals surface area contributed by atoms with Gasteiger partial charge in [-0.1, -0.05) is 30.7 Å². The molecule has 1 unspecified atom stereocenters. The van der Waals surface area contributed by atoms with Crippen molar-refractivity contribution in [2.75, 3.05) is 6.54 Å². The molecule has 1 N–H and O–H groups in total. The number of hydrogen-bond acceptors (Lipinski definition) is 2. The summed E-state index contributed by atoms with van der Waals surface area (Å²) in [6.45, 7) is 3.30. The van der Waals surface area contributed by atoms with Gasteiger partial charge >= 0.3 is 5.97 Å². The molecule has 0 radical (unpaired) electrons. The largest absolute Gasteiger partial charge is 0.479 e. The van der Waals surface area contributed by atoms with Crippen LogP contribution in [0.3, 0.4) is 0 Å². The van der Waals surface area contributed by atoms with Crippen molar-refractivity contribution >= 4 is 23.5 Å². The van der Waals surface area contributed by atoms with Crippen LogP contribution >= 0.6 is 11.6 Å². The monoisotopic (exact) mass is 287 g/mol. The number of carboxylic acids is 1. The zero-order valence-corrected chi connectivity index (χ0v) is 11.4. The lowest BCUT2D eigenvalue weighted by atomic mass is 10.0. The van der Waals surface area contributed by atoms with Crippen molar-refractivity contribution in [1.82, 2.24) is 4.90 Å². The maximum Gasteiger partial charge on any atom is 0.331 e. The Morgan fingerprint density at radius 1 is 1.47 bits per heavy atom. The van der Waals surface area contributed by atoms with Crippen molar-refractivity contribution in [1.29, 1.82) is 0 Å². The Labute approximate surface area is 115 Å². The van der Waals surface area contributed by atoms with Gasteiger partial charge in [0.1, 0.15) is 5.82 Å². The highest BCUT2D eigenvalue weighted by Gasteiger charge is 2.31. The van der Waals surface area contributed by atoms with E-state index in [0.717, 1.165) is 4.90 Å². The zero-order valence-electron chi connectivity index (χ0n) is 10.7. The van der Waals surface area contributed by atoms with E-state index in [1.165, 1.54) is 25.1 Å². The second-order valence-corrected chi connectivity index (χ2v) is 4.50. The number of carbonyl (C=O) groups excluding carboxylic acids is 1. The Hall–Kier alpha value is -1.62. The quantitative estimate of drug-likeness (QED) is 0.906. The standard InChI is InChI=1S/C13H15ClFNO3/c1-3-7-16(8(2)17)12(13(18)19)9-5-4-6-10(14)11(9)15/h4-6,12H,3,7H2,1-2H3,(H,18,19). The highest BCUT2D eigenvalue weighted by atomic mass is 35.5. The third-order valence-electron chi connectivity index (χ3n) is 2.69. The number of nitrogens with zero attached hydrogens (tertiary/aromatic N) is 1. The van der Waals surface area contributed by atoms with Crippen molar-refractivity contribution < 1.29 is 19.1 Å². The van der Waals surface area contributed by atoms with Gasteiger partial charge in [0.05, 0.1) is 5.02 Å². The van der Waals surface area contributed by atoms with E-state index in [-0.39, 0.29) is 17.1 Å². The lowest BCUT2D eigenvalue weighted by molar-refractivity contribution is -0.150. The summed E-state index contributed by atoms with van der Waals surface area (Å²) in [5.41, 5.74) is -0.108. The molecule has 1 aromatic carbocycles. The van der Waals surface area contributed by atoms with Crippen LogP contribution in [-0.4, -0.2) is 28.4 Å².